The minimum atomic E-state index is -3.27. The van der Waals surface area contributed by atoms with Gasteiger partial charge in [0.05, 0.1) is 27.4 Å². The van der Waals surface area contributed by atoms with Crippen LogP contribution in [-0.2, 0) is 25.9 Å². The summed E-state index contributed by atoms with van der Waals surface area (Å²) in [6.07, 6.45) is 1.19. The van der Waals surface area contributed by atoms with Crippen molar-refractivity contribution in [2.24, 2.45) is 0 Å². The van der Waals surface area contributed by atoms with E-state index < -0.39 is 9.84 Å². The van der Waals surface area contributed by atoms with Gasteiger partial charge < -0.3 is 4.74 Å². The van der Waals surface area contributed by atoms with Gasteiger partial charge in [-0.05, 0) is 53.0 Å². The van der Waals surface area contributed by atoms with Gasteiger partial charge in [0.25, 0.3) is 0 Å². The Morgan fingerprint density at radius 3 is 2.38 bits per heavy atom. The standard InChI is InChI=1S/C21H21BrN2O4S/c1-4-28-19(25)13-24-21(20(22)14(2)23-24)16-10-8-15(9-11-16)17-6-5-7-18(12-17)29(3,26)27/h5-12H,4,13H2,1-3H3. The molecule has 0 aliphatic carbocycles. The maximum atomic E-state index is 11.9. The third-order valence-electron chi connectivity index (χ3n) is 4.39. The first-order chi connectivity index (χ1) is 13.7. The van der Waals surface area contributed by atoms with Crippen molar-refractivity contribution >= 4 is 31.7 Å². The SMILES string of the molecule is CCOC(=O)Cn1nc(C)c(Br)c1-c1ccc(-c2cccc(S(C)(=O)=O)c2)cc1. The number of esters is 1. The molecule has 3 rings (SSSR count). The van der Waals surface area contributed by atoms with Crippen LogP contribution in [0.4, 0.5) is 0 Å². The van der Waals surface area contributed by atoms with Gasteiger partial charge in [-0.25, -0.2) is 8.42 Å². The number of sulfone groups is 1. The largest absolute Gasteiger partial charge is 0.465 e. The molecular formula is C21H21BrN2O4S. The van der Waals surface area contributed by atoms with Crippen molar-refractivity contribution in [1.82, 2.24) is 9.78 Å². The van der Waals surface area contributed by atoms with E-state index in [0.29, 0.717) is 6.61 Å². The summed E-state index contributed by atoms with van der Waals surface area (Å²) in [6, 6.07) is 14.5. The molecule has 0 aliphatic rings. The van der Waals surface area contributed by atoms with E-state index in [-0.39, 0.29) is 17.4 Å². The van der Waals surface area contributed by atoms with Crippen molar-refractivity contribution in [1.29, 1.82) is 0 Å². The summed E-state index contributed by atoms with van der Waals surface area (Å²) in [4.78, 5) is 12.2. The van der Waals surface area contributed by atoms with Crippen LogP contribution in [0, 0.1) is 6.92 Å². The Bertz CT molecular complexity index is 1150. The topological polar surface area (TPSA) is 78.3 Å². The Hall–Kier alpha value is -2.45. The highest BCUT2D eigenvalue weighted by Gasteiger charge is 2.18. The third-order valence-corrected chi connectivity index (χ3v) is 6.45. The molecule has 0 saturated heterocycles. The van der Waals surface area contributed by atoms with Crippen molar-refractivity contribution in [2.45, 2.75) is 25.3 Å². The predicted molar refractivity (Wildman–Crippen MR) is 115 cm³/mol. The summed E-state index contributed by atoms with van der Waals surface area (Å²) < 4.78 is 31.1. The molecule has 0 bridgehead atoms. The van der Waals surface area contributed by atoms with Crippen LogP contribution < -0.4 is 0 Å². The zero-order valence-corrected chi connectivity index (χ0v) is 18.7. The Labute approximate surface area is 178 Å². The van der Waals surface area contributed by atoms with E-state index in [1.807, 2.05) is 37.3 Å². The molecule has 1 heterocycles. The number of carbonyl (C=O) groups is 1. The molecule has 29 heavy (non-hydrogen) atoms. The van der Waals surface area contributed by atoms with Gasteiger partial charge in [0.15, 0.2) is 9.84 Å². The number of carbonyl (C=O) groups excluding carboxylic acids is 1. The van der Waals surface area contributed by atoms with E-state index >= 15 is 0 Å². The smallest absolute Gasteiger partial charge is 0.327 e. The quantitative estimate of drug-likeness (QED) is 0.496. The van der Waals surface area contributed by atoms with E-state index in [1.54, 1.807) is 29.8 Å². The molecule has 0 aliphatic heterocycles. The Morgan fingerprint density at radius 1 is 1.10 bits per heavy atom. The molecule has 6 nitrogen and oxygen atoms in total. The zero-order chi connectivity index (χ0) is 21.2. The molecule has 3 aromatic rings. The first-order valence-electron chi connectivity index (χ1n) is 9.00. The molecule has 0 spiro atoms. The Balaban J connectivity index is 1.97. The lowest BCUT2D eigenvalue weighted by Gasteiger charge is -2.09. The molecule has 0 unspecified atom stereocenters. The average molecular weight is 477 g/mol. The van der Waals surface area contributed by atoms with Gasteiger partial charge in [-0.1, -0.05) is 36.4 Å². The van der Waals surface area contributed by atoms with Crippen LogP contribution in [0.2, 0.25) is 0 Å². The number of rotatable bonds is 6. The number of aryl methyl sites for hydroxylation is 1. The molecule has 2 aromatic carbocycles. The lowest BCUT2D eigenvalue weighted by atomic mass is 10.0. The van der Waals surface area contributed by atoms with Crippen LogP contribution >= 0.6 is 15.9 Å². The number of nitrogens with zero attached hydrogens (tertiary/aromatic N) is 2. The minimum Gasteiger partial charge on any atom is -0.465 e. The average Bonchev–Trinajstić information content (AvgIpc) is 2.95. The monoisotopic (exact) mass is 476 g/mol. The molecular weight excluding hydrogens is 456 g/mol. The normalized spacial score (nSPS) is 11.4. The van der Waals surface area contributed by atoms with Crippen molar-refractivity contribution in [3.05, 3.63) is 58.7 Å². The van der Waals surface area contributed by atoms with Crippen molar-refractivity contribution in [2.75, 3.05) is 12.9 Å². The predicted octanol–water partition coefficient (Wildman–Crippen LogP) is 4.25. The second kappa shape index (κ2) is 8.51. The van der Waals surface area contributed by atoms with Crippen molar-refractivity contribution in [3.63, 3.8) is 0 Å². The lowest BCUT2D eigenvalue weighted by Crippen LogP contribution is -2.15. The maximum absolute atomic E-state index is 11.9. The molecule has 0 N–H and O–H groups in total. The number of aromatic nitrogens is 2. The molecule has 8 heteroatoms. The highest BCUT2D eigenvalue weighted by molar-refractivity contribution is 9.10. The highest BCUT2D eigenvalue weighted by atomic mass is 79.9. The van der Waals surface area contributed by atoms with Gasteiger partial charge in [-0.2, -0.15) is 5.10 Å². The summed E-state index contributed by atoms with van der Waals surface area (Å²) in [5.41, 5.74) is 4.14. The van der Waals surface area contributed by atoms with Crippen molar-refractivity contribution in [3.8, 4) is 22.4 Å². The summed E-state index contributed by atoms with van der Waals surface area (Å²) in [7, 11) is -3.27. The molecule has 152 valence electrons. The second-order valence-corrected chi connectivity index (χ2v) is 9.40. The Kier molecular flexibility index (Phi) is 6.24. The van der Waals surface area contributed by atoms with E-state index in [0.717, 1.165) is 32.6 Å². The first-order valence-corrected chi connectivity index (χ1v) is 11.7. The summed E-state index contributed by atoms with van der Waals surface area (Å²) in [5, 5.41) is 4.43. The molecule has 0 saturated carbocycles. The van der Waals surface area contributed by atoms with Gasteiger partial charge in [0.2, 0.25) is 0 Å². The summed E-state index contributed by atoms with van der Waals surface area (Å²) >= 11 is 3.56. The number of halogens is 1. The zero-order valence-electron chi connectivity index (χ0n) is 16.3. The van der Waals surface area contributed by atoms with Crippen LogP contribution in [0.3, 0.4) is 0 Å². The first kappa shape index (κ1) is 21.3. The summed E-state index contributed by atoms with van der Waals surface area (Å²) in [6.45, 7) is 3.96. The fourth-order valence-electron chi connectivity index (χ4n) is 3.01. The third kappa shape index (κ3) is 4.76. The van der Waals surface area contributed by atoms with Gasteiger partial charge in [0.1, 0.15) is 6.54 Å². The Morgan fingerprint density at radius 2 is 1.76 bits per heavy atom. The minimum absolute atomic E-state index is 0.0216. The number of ether oxygens (including phenoxy) is 1. The lowest BCUT2D eigenvalue weighted by molar-refractivity contribution is -0.144. The fraction of sp³-hybridized carbons (Fsp3) is 0.238. The van der Waals surface area contributed by atoms with Gasteiger partial charge in [0, 0.05) is 11.8 Å². The van der Waals surface area contributed by atoms with Crippen LogP contribution in [0.25, 0.3) is 22.4 Å². The van der Waals surface area contributed by atoms with Crippen molar-refractivity contribution < 1.29 is 17.9 Å². The number of hydrogen-bond donors (Lipinski definition) is 0. The van der Waals surface area contributed by atoms with Crippen LogP contribution in [-0.4, -0.2) is 37.0 Å². The summed E-state index contributed by atoms with van der Waals surface area (Å²) in [5.74, 6) is -0.349. The molecule has 0 fully saturated rings. The van der Waals surface area contributed by atoms with Gasteiger partial charge in [-0.3, -0.25) is 9.48 Å². The van der Waals surface area contributed by atoms with Crippen LogP contribution in [0.5, 0.6) is 0 Å². The van der Waals surface area contributed by atoms with Gasteiger partial charge in [-0.15, -0.1) is 0 Å². The molecule has 0 radical (unpaired) electrons. The second-order valence-electron chi connectivity index (χ2n) is 6.59. The highest BCUT2D eigenvalue weighted by Crippen LogP contribution is 2.33. The van der Waals surface area contributed by atoms with E-state index in [4.69, 9.17) is 4.74 Å². The van der Waals surface area contributed by atoms with E-state index in [2.05, 4.69) is 21.0 Å². The van der Waals surface area contributed by atoms with Crippen LogP contribution in [0.15, 0.2) is 57.9 Å². The fourth-order valence-corrected chi connectivity index (χ4v) is 4.19. The van der Waals surface area contributed by atoms with Gasteiger partial charge >= 0.3 is 5.97 Å². The maximum Gasteiger partial charge on any atom is 0.327 e. The van der Waals surface area contributed by atoms with E-state index in [1.165, 1.54) is 6.26 Å². The van der Waals surface area contributed by atoms with Crippen LogP contribution in [0.1, 0.15) is 12.6 Å². The van der Waals surface area contributed by atoms with E-state index in [9.17, 15) is 13.2 Å². The molecule has 0 amide bonds. The number of hydrogen-bond acceptors (Lipinski definition) is 5. The number of benzene rings is 2. The molecule has 0 atom stereocenters. The molecule has 1 aromatic heterocycles.